The van der Waals surface area contributed by atoms with Crippen LogP contribution in [-0.4, -0.2) is 17.9 Å². The molecular formula is C18H22N2O2S. The molecule has 1 atom stereocenters. The molecule has 0 aliphatic rings. The summed E-state index contributed by atoms with van der Waals surface area (Å²) < 4.78 is 0. The number of hydrogen-bond donors (Lipinski definition) is 2. The summed E-state index contributed by atoms with van der Waals surface area (Å²) in [6.45, 7) is 6.32. The number of benzene rings is 1. The average Bonchev–Trinajstić information content (AvgIpc) is 3.05. The second-order valence-electron chi connectivity index (χ2n) is 5.88. The van der Waals surface area contributed by atoms with Crippen molar-refractivity contribution < 1.29 is 9.59 Å². The zero-order chi connectivity index (χ0) is 16.8. The van der Waals surface area contributed by atoms with Gasteiger partial charge < -0.3 is 10.6 Å². The maximum Gasteiger partial charge on any atom is 0.262 e. The smallest absolute Gasteiger partial charge is 0.262 e. The molecule has 122 valence electrons. The predicted molar refractivity (Wildman–Crippen MR) is 93.4 cm³/mol. The molecule has 0 fully saturated rings. The van der Waals surface area contributed by atoms with E-state index in [-0.39, 0.29) is 17.7 Å². The number of thiophene rings is 1. The molecule has 0 spiro atoms. The fourth-order valence-corrected chi connectivity index (χ4v) is 2.79. The highest BCUT2D eigenvalue weighted by atomic mass is 32.1. The van der Waals surface area contributed by atoms with Gasteiger partial charge in [-0.2, -0.15) is 0 Å². The fourth-order valence-electron chi connectivity index (χ4n) is 2.16. The van der Waals surface area contributed by atoms with Crippen molar-refractivity contribution in [3.63, 3.8) is 0 Å². The first-order chi connectivity index (χ1) is 11.0. The van der Waals surface area contributed by atoms with Gasteiger partial charge in [0, 0.05) is 6.54 Å². The van der Waals surface area contributed by atoms with Crippen molar-refractivity contribution >= 4 is 23.2 Å². The molecule has 1 aromatic heterocycles. The Bertz CT molecular complexity index is 648. The first kappa shape index (κ1) is 17.2. The molecule has 0 radical (unpaired) electrons. The lowest BCUT2D eigenvalue weighted by atomic mass is 10.0. The summed E-state index contributed by atoms with van der Waals surface area (Å²) in [6.07, 6.45) is 0. The third-order valence-corrected chi connectivity index (χ3v) is 4.44. The number of rotatable bonds is 6. The number of hydrogen-bond acceptors (Lipinski definition) is 3. The van der Waals surface area contributed by atoms with Gasteiger partial charge in [0.1, 0.15) is 6.04 Å². The first-order valence-corrected chi connectivity index (χ1v) is 8.53. The summed E-state index contributed by atoms with van der Waals surface area (Å²) in [7, 11) is 0. The van der Waals surface area contributed by atoms with E-state index in [0.717, 1.165) is 5.56 Å². The van der Waals surface area contributed by atoms with Gasteiger partial charge in [-0.3, -0.25) is 9.59 Å². The van der Waals surface area contributed by atoms with Gasteiger partial charge in [-0.1, -0.05) is 49.7 Å². The number of carbonyl (C=O) groups excluding carboxylic acids is 2. The van der Waals surface area contributed by atoms with Crippen molar-refractivity contribution in [1.29, 1.82) is 0 Å². The number of amides is 2. The lowest BCUT2D eigenvalue weighted by Crippen LogP contribution is -2.49. The predicted octanol–water partition coefficient (Wildman–Crippen LogP) is 3.13. The van der Waals surface area contributed by atoms with Crippen LogP contribution in [0.3, 0.4) is 0 Å². The van der Waals surface area contributed by atoms with E-state index < -0.39 is 6.04 Å². The molecular weight excluding hydrogens is 308 g/mol. The van der Waals surface area contributed by atoms with Gasteiger partial charge in [-0.25, -0.2) is 0 Å². The van der Waals surface area contributed by atoms with Crippen LogP contribution in [0.15, 0.2) is 41.8 Å². The van der Waals surface area contributed by atoms with Crippen LogP contribution in [0.1, 0.15) is 34.6 Å². The van der Waals surface area contributed by atoms with E-state index in [1.807, 2.05) is 56.5 Å². The van der Waals surface area contributed by atoms with Gasteiger partial charge in [0.2, 0.25) is 5.91 Å². The van der Waals surface area contributed by atoms with Crippen LogP contribution in [0, 0.1) is 12.8 Å². The third kappa shape index (κ3) is 4.93. The summed E-state index contributed by atoms with van der Waals surface area (Å²) in [5.74, 6) is -0.355. The molecule has 0 aliphatic carbocycles. The van der Waals surface area contributed by atoms with Crippen LogP contribution in [0.4, 0.5) is 0 Å². The lowest BCUT2D eigenvalue weighted by Gasteiger charge is -2.21. The molecule has 2 amide bonds. The summed E-state index contributed by atoms with van der Waals surface area (Å²) in [5.41, 5.74) is 2.22. The van der Waals surface area contributed by atoms with E-state index >= 15 is 0 Å². The molecule has 4 nitrogen and oxygen atoms in total. The molecule has 1 heterocycles. The molecule has 2 rings (SSSR count). The molecule has 2 N–H and O–H groups in total. The van der Waals surface area contributed by atoms with Gasteiger partial charge in [-0.05, 0) is 29.9 Å². The first-order valence-electron chi connectivity index (χ1n) is 7.65. The van der Waals surface area contributed by atoms with E-state index in [2.05, 4.69) is 10.6 Å². The Hall–Kier alpha value is -2.14. The molecule has 0 unspecified atom stereocenters. The minimum Gasteiger partial charge on any atom is -0.350 e. The number of nitrogens with one attached hydrogen (secondary N) is 2. The maximum absolute atomic E-state index is 12.4. The van der Waals surface area contributed by atoms with E-state index in [0.29, 0.717) is 11.4 Å². The Labute approximate surface area is 140 Å². The zero-order valence-corrected chi connectivity index (χ0v) is 14.4. The van der Waals surface area contributed by atoms with Crippen LogP contribution in [-0.2, 0) is 11.3 Å². The number of carbonyl (C=O) groups is 2. The fraction of sp³-hybridized carbons (Fsp3) is 0.333. The van der Waals surface area contributed by atoms with E-state index in [1.165, 1.54) is 16.9 Å². The van der Waals surface area contributed by atoms with Crippen molar-refractivity contribution in [2.24, 2.45) is 5.92 Å². The van der Waals surface area contributed by atoms with Crippen molar-refractivity contribution in [2.45, 2.75) is 33.4 Å². The van der Waals surface area contributed by atoms with Crippen LogP contribution in [0.25, 0.3) is 0 Å². The van der Waals surface area contributed by atoms with Crippen molar-refractivity contribution in [3.05, 3.63) is 57.8 Å². The molecule has 0 saturated heterocycles. The van der Waals surface area contributed by atoms with E-state index in [4.69, 9.17) is 0 Å². The van der Waals surface area contributed by atoms with Gasteiger partial charge in [-0.15, -0.1) is 11.3 Å². The Morgan fingerprint density at radius 2 is 1.83 bits per heavy atom. The van der Waals surface area contributed by atoms with Gasteiger partial charge in [0.05, 0.1) is 4.88 Å². The molecule has 1 aromatic carbocycles. The molecule has 0 bridgehead atoms. The van der Waals surface area contributed by atoms with E-state index in [1.54, 1.807) is 6.07 Å². The lowest BCUT2D eigenvalue weighted by molar-refractivity contribution is -0.124. The minimum absolute atomic E-state index is 0.0110. The van der Waals surface area contributed by atoms with Crippen molar-refractivity contribution in [3.8, 4) is 0 Å². The normalized spacial score (nSPS) is 12.0. The topological polar surface area (TPSA) is 58.2 Å². The SMILES string of the molecule is Cc1ccc(CNC(=O)[C@H](NC(=O)c2cccs2)C(C)C)cc1. The van der Waals surface area contributed by atoms with Gasteiger partial charge >= 0.3 is 0 Å². The Kier molecular flexibility index (Phi) is 5.93. The largest absolute Gasteiger partial charge is 0.350 e. The molecule has 2 aromatic rings. The van der Waals surface area contributed by atoms with Crippen LogP contribution >= 0.6 is 11.3 Å². The second kappa shape index (κ2) is 7.92. The van der Waals surface area contributed by atoms with Gasteiger partial charge in [0.15, 0.2) is 0 Å². The van der Waals surface area contributed by atoms with E-state index in [9.17, 15) is 9.59 Å². The molecule has 5 heteroatoms. The second-order valence-corrected chi connectivity index (χ2v) is 6.82. The highest BCUT2D eigenvalue weighted by Crippen LogP contribution is 2.10. The maximum atomic E-state index is 12.4. The Morgan fingerprint density at radius 3 is 2.39 bits per heavy atom. The average molecular weight is 330 g/mol. The minimum atomic E-state index is -0.546. The standard InChI is InChI=1S/C18H22N2O2S/c1-12(2)16(20-17(21)15-5-4-10-23-15)18(22)19-11-14-8-6-13(3)7-9-14/h4-10,12,16H,11H2,1-3H3,(H,19,22)(H,20,21)/t16-/m1/s1. The summed E-state index contributed by atoms with van der Waals surface area (Å²) in [6, 6.07) is 11.0. The Balaban J connectivity index is 1.95. The monoisotopic (exact) mass is 330 g/mol. The van der Waals surface area contributed by atoms with Gasteiger partial charge in [0.25, 0.3) is 5.91 Å². The third-order valence-electron chi connectivity index (χ3n) is 3.57. The zero-order valence-electron chi connectivity index (χ0n) is 13.6. The molecule has 23 heavy (non-hydrogen) atoms. The van der Waals surface area contributed by atoms with Crippen LogP contribution < -0.4 is 10.6 Å². The van der Waals surface area contributed by atoms with Crippen LogP contribution in [0.2, 0.25) is 0 Å². The molecule has 0 saturated carbocycles. The number of aryl methyl sites for hydroxylation is 1. The summed E-state index contributed by atoms with van der Waals surface area (Å²) in [4.78, 5) is 25.2. The van der Waals surface area contributed by atoms with Crippen molar-refractivity contribution in [2.75, 3.05) is 0 Å². The molecule has 0 aliphatic heterocycles. The highest BCUT2D eigenvalue weighted by molar-refractivity contribution is 7.12. The quantitative estimate of drug-likeness (QED) is 0.855. The van der Waals surface area contributed by atoms with Crippen molar-refractivity contribution in [1.82, 2.24) is 10.6 Å². The van der Waals surface area contributed by atoms with Crippen LogP contribution in [0.5, 0.6) is 0 Å². The summed E-state index contributed by atoms with van der Waals surface area (Å²) >= 11 is 1.36. The summed E-state index contributed by atoms with van der Waals surface area (Å²) in [5, 5.41) is 7.57. The Morgan fingerprint density at radius 1 is 1.13 bits per heavy atom. The highest BCUT2D eigenvalue weighted by Gasteiger charge is 2.24.